The van der Waals surface area contributed by atoms with Crippen LogP contribution in [0.3, 0.4) is 0 Å². The monoisotopic (exact) mass is 428 g/mol. The van der Waals surface area contributed by atoms with Crippen LogP contribution in [0, 0.1) is 11.6 Å². The van der Waals surface area contributed by atoms with Crippen LogP contribution in [0.4, 0.5) is 8.78 Å². The number of rotatable bonds is 6. The third kappa shape index (κ3) is 5.09. The molecule has 0 radical (unpaired) electrons. The Kier molecular flexibility index (Phi) is 6.28. The maximum Gasteiger partial charge on any atom is 0.251 e. The minimum atomic E-state index is -0.721. The van der Waals surface area contributed by atoms with E-state index in [2.05, 4.69) is 25.7 Å². The maximum absolute atomic E-state index is 14.4. The minimum absolute atomic E-state index is 0.103. The van der Waals surface area contributed by atoms with Crippen LogP contribution in [0.1, 0.15) is 17.3 Å². The molecule has 2 heterocycles. The SMILES string of the molecule is CC(CN1CCOCC1)NC(=O)c1cc(-c2ccc(F)cc2F)cc(-n2cnnn2)c1. The fourth-order valence-corrected chi connectivity index (χ4v) is 3.56. The van der Waals surface area contributed by atoms with Gasteiger partial charge in [0.2, 0.25) is 0 Å². The second-order valence-corrected chi connectivity index (χ2v) is 7.43. The summed E-state index contributed by atoms with van der Waals surface area (Å²) in [5, 5.41) is 14.1. The molecule has 31 heavy (non-hydrogen) atoms. The zero-order chi connectivity index (χ0) is 21.8. The van der Waals surface area contributed by atoms with Crippen LogP contribution in [0.25, 0.3) is 16.8 Å². The highest BCUT2D eigenvalue weighted by molar-refractivity contribution is 5.96. The molecular weight excluding hydrogens is 406 g/mol. The summed E-state index contributed by atoms with van der Waals surface area (Å²) >= 11 is 0. The van der Waals surface area contributed by atoms with Gasteiger partial charge < -0.3 is 10.1 Å². The maximum atomic E-state index is 14.4. The molecule has 0 spiro atoms. The van der Waals surface area contributed by atoms with Crippen molar-refractivity contribution < 1.29 is 18.3 Å². The predicted octanol–water partition coefficient (Wildman–Crippen LogP) is 2.06. The largest absolute Gasteiger partial charge is 0.379 e. The van der Waals surface area contributed by atoms with E-state index in [0.29, 0.717) is 36.6 Å². The third-order valence-electron chi connectivity index (χ3n) is 5.05. The molecule has 4 rings (SSSR count). The quantitative estimate of drug-likeness (QED) is 0.647. The summed E-state index contributed by atoms with van der Waals surface area (Å²) in [5.74, 6) is -1.70. The predicted molar refractivity (Wildman–Crippen MR) is 109 cm³/mol. The van der Waals surface area contributed by atoms with Gasteiger partial charge in [-0.05, 0) is 53.2 Å². The molecular formula is C21H22F2N6O2. The molecule has 1 aromatic heterocycles. The summed E-state index contributed by atoms with van der Waals surface area (Å²) in [6, 6.07) is 8.05. The van der Waals surface area contributed by atoms with E-state index in [0.717, 1.165) is 19.2 Å². The smallest absolute Gasteiger partial charge is 0.251 e. The van der Waals surface area contributed by atoms with Crippen molar-refractivity contribution in [2.75, 3.05) is 32.8 Å². The molecule has 8 nitrogen and oxygen atoms in total. The Morgan fingerprint density at radius 3 is 2.71 bits per heavy atom. The highest BCUT2D eigenvalue weighted by Crippen LogP contribution is 2.27. The molecule has 1 fully saturated rings. The van der Waals surface area contributed by atoms with Crippen molar-refractivity contribution in [2.24, 2.45) is 0 Å². The number of ether oxygens (including phenoxy) is 1. The lowest BCUT2D eigenvalue weighted by atomic mass is 10.0. The molecule has 1 N–H and O–H groups in total. The van der Waals surface area contributed by atoms with E-state index >= 15 is 0 Å². The molecule has 1 amide bonds. The Balaban J connectivity index is 1.61. The van der Waals surface area contributed by atoms with Crippen molar-refractivity contribution >= 4 is 5.91 Å². The number of halogens is 2. The third-order valence-corrected chi connectivity index (χ3v) is 5.05. The van der Waals surface area contributed by atoms with E-state index in [9.17, 15) is 13.6 Å². The Hall–Kier alpha value is -3.24. The number of hydrogen-bond acceptors (Lipinski definition) is 6. The molecule has 2 aromatic carbocycles. The highest BCUT2D eigenvalue weighted by atomic mass is 19.1. The summed E-state index contributed by atoms with van der Waals surface area (Å²) in [7, 11) is 0. The summed E-state index contributed by atoms with van der Waals surface area (Å²) < 4.78 is 34.5. The average molecular weight is 428 g/mol. The van der Waals surface area contributed by atoms with Gasteiger partial charge in [-0.15, -0.1) is 5.10 Å². The summed E-state index contributed by atoms with van der Waals surface area (Å²) in [5.41, 5.74) is 1.39. The van der Waals surface area contributed by atoms with E-state index in [1.54, 1.807) is 18.2 Å². The number of nitrogens with one attached hydrogen (secondary N) is 1. The first-order chi connectivity index (χ1) is 15.0. The van der Waals surface area contributed by atoms with E-state index in [4.69, 9.17) is 4.74 Å². The van der Waals surface area contributed by atoms with Gasteiger partial charge in [-0.3, -0.25) is 9.69 Å². The first kappa shape index (κ1) is 21.0. The van der Waals surface area contributed by atoms with Crippen LogP contribution < -0.4 is 5.32 Å². The number of benzene rings is 2. The molecule has 1 saturated heterocycles. The van der Waals surface area contributed by atoms with Crippen LogP contribution in [-0.2, 0) is 4.74 Å². The molecule has 1 aliphatic heterocycles. The van der Waals surface area contributed by atoms with Crippen molar-refractivity contribution in [3.63, 3.8) is 0 Å². The van der Waals surface area contributed by atoms with Crippen molar-refractivity contribution in [3.05, 3.63) is 59.9 Å². The van der Waals surface area contributed by atoms with Gasteiger partial charge in [0.25, 0.3) is 5.91 Å². The molecule has 1 atom stereocenters. The zero-order valence-corrected chi connectivity index (χ0v) is 17.0. The average Bonchev–Trinajstić information content (AvgIpc) is 3.29. The number of morpholine rings is 1. The van der Waals surface area contributed by atoms with Gasteiger partial charge in [0.05, 0.1) is 18.9 Å². The lowest BCUT2D eigenvalue weighted by Crippen LogP contribution is -2.46. The molecule has 0 aliphatic carbocycles. The van der Waals surface area contributed by atoms with E-state index < -0.39 is 11.6 Å². The number of carbonyl (C=O) groups is 1. The molecule has 10 heteroatoms. The van der Waals surface area contributed by atoms with Crippen molar-refractivity contribution in [3.8, 4) is 16.8 Å². The molecule has 3 aromatic rings. The lowest BCUT2D eigenvalue weighted by Gasteiger charge is -2.29. The van der Waals surface area contributed by atoms with Crippen LogP contribution in [-0.4, -0.2) is 69.9 Å². The Bertz CT molecular complexity index is 1050. The number of aromatic nitrogens is 4. The highest BCUT2D eigenvalue weighted by Gasteiger charge is 2.18. The first-order valence-electron chi connectivity index (χ1n) is 9.94. The Morgan fingerprint density at radius 2 is 2.00 bits per heavy atom. The van der Waals surface area contributed by atoms with E-state index in [1.165, 1.54) is 23.1 Å². The van der Waals surface area contributed by atoms with Gasteiger partial charge in [-0.2, -0.15) is 0 Å². The fourth-order valence-electron chi connectivity index (χ4n) is 3.56. The molecule has 0 saturated carbocycles. The van der Waals surface area contributed by atoms with Crippen LogP contribution in [0.15, 0.2) is 42.7 Å². The van der Waals surface area contributed by atoms with Gasteiger partial charge in [0.1, 0.15) is 18.0 Å². The van der Waals surface area contributed by atoms with E-state index in [1.807, 2.05) is 6.92 Å². The lowest BCUT2D eigenvalue weighted by molar-refractivity contribution is 0.0342. The van der Waals surface area contributed by atoms with Gasteiger partial charge in [-0.25, -0.2) is 13.5 Å². The molecule has 1 aliphatic rings. The normalized spacial score (nSPS) is 15.6. The van der Waals surface area contributed by atoms with Crippen LogP contribution >= 0.6 is 0 Å². The minimum Gasteiger partial charge on any atom is -0.379 e. The second-order valence-electron chi connectivity index (χ2n) is 7.43. The Morgan fingerprint density at radius 1 is 1.19 bits per heavy atom. The van der Waals surface area contributed by atoms with Crippen LogP contribution in [0.5, 0.6) is 0 Å². The Labute approximate surface area is 177 Å². The summed E-state index contributed by atoms with van der Waals surface area (Å²) in [6.07, 6.45) is 1.38. The second kappa shape index (κ2) is 9.27. The van der Waals surface area contributed by atoms with E-state index in [-0.39, 0.29) is 17.5 Å². The number of hydrogen-bond donors (Lipinski definition) is 1. The number of carbonyl (C=O) groups excluding carboxylic acids is 1. The number of amides is 1. The van der Waals surface area contributed by atoms with Crippen molar-refractivity contribution in [2.45, 2.75) is 13.0 Å². The summed E-state index contributed by atoms with van der Waals surface area (Å²) in [6.45, 7) is 5.63. The molecule has 1 unspecified atom stereocenters. The number of nitrogens with zero attached hydrogens (tertiary/aromatic N) is 5. The van der Waals surface area contributed by atoms with Gasteiger partial charge in [-0.1, -0.05) is 0 Å². The fraction of sp³-hybridized carbons (Fsp3) is 0.333. The van der Waals surface area contributed by atoms with Gasteiger partial charge in [0.15, 0.2) is 0 Å². The van der Waals surface area contributed by atoms with Crippen molar-refractivity contribution in [1.82, 2.24) is 30.4 Å². The number of tetrazole rings is 1. The standard InChI is InChI=1S/C21H22F2N6O2/c1-14(12-28-4-6-31-7-5-28)25-21(30)16-8-15(19-3-2-17(22)11-20(19)23)9-18(10-16)29-13-24-26-27-29/h2-3,8-11,13-14H,4-7,12H2,1H3,(H,25,30). The molecule has 0 bridgehead atoms. The van der Waals surface area contributed by atoms with Gasteiger partial charge >= 0.3 is 0 Å². The summed E-state index contributed by atoms with van der Waals surface area (Å²) in [4.78, 5) is 15.2. The van der Waals surface area contributed by atoms with Gasteiger partial charge in [0, 0.05) is 42.9 Å². The van der Waals surface area contributed by atoms with Crippen molar-refractivity contribution in [1.29, 1.82) is 0 Å². The van der Waals surface area contributed by atoms with Crippen LogP contribution in [0.2, 0.25) is 0 Å². The molecule has 162 valence electrons. The first-order valence-corrected chi connectivity index (χ1v) is 9.94. The topological polar surface area (TPSA) is 85.2 Å². The zero-order valence-electron chi connectivity index (χ0n) is 17.0.